The van der Waals surface area contributed by atoms with Crippen molar-refractivity contribution >= 4 is 16.9 Å². The fraction of sp³-hybridized carbons (Fsp3) is 0.238. The molecule has 2 N–H and O–H groups in total. The van der Waals surface area contributed by atoms with Gasteiger partial charge in [0.1, 0.15) is 5.56 Å². The van der Waals surface area contributed by atoms with Crippen LogP contribution in [0.2, 0.25) is 0 Å². The molecule has 0 unspecified atom stereocenters. The average molecular weight is 441 g/mol. The van der Waals surface area contributed by atoms with Gasteiger partial charge < -0.3 is 10.2 Å². The summed E-state index contributed by atoms with van der Waals surface area (Å²) >= 11 is 0. The molecule has 2 aromatic carbocycles. The van der Waals surface area contributed by atoms with Crippen molar-refractivity contribution in [3.05, 3.63) is 70.4 Å². The van der Waals surface area contributed by atoms with E-state index in [0.29, 0.717) is 6.07 Å². The summed E-state index contributed by atoms with van der Waals surface area (Å²) in [5.41, 5.74) is -6.16. The third-order valence-electron chi connectivity index (χ3n) is 5.46. The fourth-order valence-corrected chi connectivity index (χ4v) is 3.96. The first-order chi connectivity index (χ1) is 14.4. The maximum absolute atomic E-state index is 13.6. The number of carboxylic acids is 1. The highest BCUT2D eigenvalue weighted by Crippen LogP contribution is 2.58. The molecule has 1 heterocycles. The molecular weight excluding hydrogens is 428 g/mol. The predicted molar refractivity (Wildman–Crippen MR) is 96.8 cm³/mol. The van der Waals surface area contributed by atoms with Crippen LogP contribution >= 0.6 is 0 Å². The van der Waals surface area contributed by atoms with Crippen molar-refractivity contribution in [3.63, 3.8) is 0 Å². The SMILES string of the molecule is O=C(O)c1c(O)c(C2(c3ccccc3C(F)(F)F)CC2)nc2c(C(F)(F)F)cccc12. The third-order valence-corrected chi connectivity index (χ3v) is 5.46. The van der Waals surface area contributed by atoms with E-state index in [9.17, 15) is 41.4 Å². The number of pyridine rings is 1. The van der Waals surface area contributed by atoms with Crippen molar-refractivity contribution in [1.82, 2.24) is 4.98 Å². The molecule has 4 nitrogen and oxygen atoms in total. The highest BCUT2D eigenvalue weighted by molar-refractivity contribution is 6.06. The topological polar surface area (TPSA) is 70.4 Å². The summed E-state index contributed by atoms with van der Waals surface area (Å²) in [5, 5.41) is 19.8. The number of aromatic carboxylic acids is 1. The number of rotatable bonds is 3. The van der Waals surface area contributed by atoms with Gasteiger partial charge in [0.15, 0.2) is 5.75 Å². The van der Waals surface area contributed by atoms with Crippen LogP contribution in [-0.4, -0.2) is 21.2 Å². The first-order valence-electron chi connectivity index (χ1n) is 9.01. The Kier molecular flexibility index (Phi) is 4.46. The van der Waals surface area contributed by atoms with Crippen LogP contribution in [0, 0.1) is 0 Å². The molecule has 0 bridgehead atoms. The maximum Gasteiger partial charge on any atom is 0.418 e. The smallest absolute Gasteiger partial charge is 0.418 e. The van der Waals surface area contributed by atoms with Crippen LogP contribution in [0.4, 0.5) is 26.3 Å². The molecule has 0 aliphatic heterocycles. The number of hydrogen-bond acceptors (Lipinski definition) is 3. The monoisotopic (exact) mass is 441 g/mol. The highest BCUT2D eigenvalue weighted by atomic mass is 19.4. The molecule has 31 heavy (non-hydrogen) atoms. The summed E-state index contributed by atoms with van der Waals surface area (Å²) < 4.78 is 81.4. The van der Waals surface area contributed by atoms with Gasteiger partial charge in [-0.1, -0.05) is 30.3 Å². The minimum absolute atomic E-state index is 0.0550. The van der Waals surface area contributed by atoms with Crippen molar-refractivity contribution in [3.8, 4) is 5.75 Å². The molecular formula is C21H13F6NO3. The summed E-state index contributed by atoms with van der Waals surface area (Å²) in [6.45, 7) is 0. The second-order valence-corrected chi connectivity index (χ2v) is 7.31. The first-order valence-corrected chi connectivity index (χ1v) is 9.01. The van der Waals surface area contributed by atoms with Crippen LogP contribution in [0.15, 0.2) is 42.5 Å². The van der Waals surface area contributed by atoms with E-state index < -0.39 is 62.8 Å². The van der Waals surface area contributed by atoms with E-state index in [1.54, 1.807) is 0 Å². The molecule has 0 saturated heterocycles. The van der Waals surface area contributed by atoms with E-state index in [-0.39, 0.29) is 18.4 Å². The Morgan fingerprint density at radius 3 is 2.03 bits per heavy atom. The number of carbonyl (C=O) groups is 1. The zero-order valence-electron chi connectivity index (χ0n) is 15.5. The van der Waals surface area contributed by atoms with Crippen LogP contribution in [0.25, 0.3) is 10.9 Å². The number of aromatic nitrogens is 1. The fourth-order valence-electron chi connectivity index (χ4n) is 3.96. The summed E-state index contributed by atoms with van der Waals surface area (Å²) in [7, 11) is 0. The zero-order chi connectivity index (χ0) is 22.8. The summed E-state index contributed by atoms with van der Waals surface area (Å²) in [4.78, 5) is 15.7. The number of alkyl halides is 6. The normalized spacial score (nSPS) is 15.8. The lowest BCUT2D eigenvalue weighted by atomic mass is 9.86. The van der Waals surface area contributed by atoms with E-state index >= 15 is 0 Å². The molecule has 0 spiro atoms. The van der Waals surface area contributed by atoms with Gasteiger partial charge in [-0.2, -0.15) is 26.3 Å². The van der Waals surface area contributed by atoms with Gasteiger partial charge in [-0.15, -0.1) is 0 Å². The molecule has 1 aromatic heterocycles. The summed E-state index contributed by atoms with van der Waals surface area (Å²) in [5.74, 6) is -2.65. The molecule has 4 rings (SSSR count). The van der Waals surface area contributed by atoms with E-state index in [1.165, 1.54) is 12.1 Å². The van der Waals surface area contributed by atoms with Crippen molar-refractivity contribution in [2.24, 2.45) is 0 Å². The van der Waals surface area contributed by atoms with Crippen molar-refractivity contribution in [2.75, 3.05) is 0 Å². The van der Waals surface area contributed by atoms with Gasteiger partial charge in [-0.25, -0.2) is 9.78 Å². The van der Waals surface area contributed by atoms with Gasteiger partial charge in [-0.3, -0.25) is 0 Å². The molecule has 1 fully saturated rings. The summed E-state index contributed by atoms with van der Waals surface area (Å²) in [6, 6.07) is 7.23. The number of fused-ring (bicyclic) bond motifs is 1. The first kappa shape index (κ1) is 21.0. The molecule has 1 saturated carbocycles. The van der Waals surface area contributed by atoms with Crippen LogP contribution in [0.1, 0.15) is 45.6 Å². The van der Waals surface area contributed by atoms with E-state index in [2.05, 4.69) is 4.98 Å². The van der Waals surface area contributed by atoms with E-state index in [4.69, 9.17) is 0 Å². The molecule has 1 aliphatic carbocycles. The Morgan fingerprint density at radius 1 is 0.903 bits per heavy atom. The van der Waals surface area contributed by atoms with Crippen molar-refractivity contribution in [1.29, 1.82) is 0 Å². The van der Waals surface area contributed by atoms with E-state index in [1.807, 2.05) is 0 Å². The lowest BCUT2D eigenvalue weighted by Crippen LogP contribution is -2.20. The second kappa shape index (κ2) is 6.60. The number of halogens is 6. The molecule has 1 aliphatic rings. The lowest BCUT2D eigenvalue weighted by Gasteiger charge is -2.23. The van der Waals surface area contributed by atoms with Gasteiger partial charge in [0.25, 0.3) is 0 Å². The highest BCUT2D eigenvalue weighted by Gasteiger charge is 2.53. The quantitative estimate of drug-likeness (QED) is 0.508. The van der Waals surface area contributed by atoms with Crippen LogP contribution in [0.5, 0.6) is 5.75 Å². The van der Waals surface area contributed by atoms with Crippen LogP contribution in [0.3, 0.4) is 0 Å². The van der Waals surface area contributed by atoms with Crippen molar-refractivity contribution < 1.29 is 41.4 Å². The number of para-hydroxylation sites is 1. The lowest BCUT2D eigenvalue weighted by molar-refractivity contribution is -0.138. The zero-order valence-corrected chi connectivity index (χ0v) is 15.5. The maximum atomic E-state index is 13.6. The van der Waals surface area contributed by atoms with Crippen LogP contribution < -0.4 is 0 Å². The molecule has 10 heteroatoms. The minimum Gasteiger partial charge on any atom is -0.505 e. The van der Waals surface area contributed by atoms with E-state index in [0.717, 1.165) is 24.3 Å². The third kappa shape index (κ3) is 3.26. The van der Waals surface area contributed by atoms with Gasteiger partial charge in [-0.05, 0) is 30.5 Å². The largest absolute Gasteiger partial charge is 0.505 e. The van der Waals surface area contributed by atoms with Gasteiger partial charge in [0.2, 0.25) is 0 Å². The Labute approximate surface area is 170 Å². The Morgan fingerprint density at radius 2 is 1.48 bits per heavy atom. The molecule has 0 radical (unpaired) electrons. The molecule has 162 valence electrons. The standard InChI is InChI=1S/C21H13F6NO3/c22-20(23,24)12-6-2-1-5-11(12)19(8-9-19)17-16(29)14(18(30)31)10-4-3-7-13(15(10)28-17)21(25,26)27/h1-7,29H,8-9H2,(H,30,31). The van der Waals surface area contributed by atoms with Crippen molar-refractivity contribution in [2.45, 2.75) is 30.6 Å². The second-order valence-electron chi connectivity index (χ2n) is 7.31. The number of benzene rings is 2. The predicted octanol–water partition coefficient (Wildman–Crippen LogP) is 5.76. The van der Waals surface area contributed by atoms with Gasteiger partial charge in [0, 0.05) is 10.8 Å². The van der Waals surface area contributed by atoms with Gasteiger partial charge in [0.05, 0.1) is 22.3 Å². The summed E-state index contributed by atoms with van der Waals surface area (Å²) in [6.07, 6.45) is -9.54. The van der Waals surface area contributed by atoms with Crippen LogP contribution in [-0.2, 0) is 17.8 Å². The number of hydrogen-bond donors (Lipinski definition) is 2. The Balaban J connectivity index is 2.09. The van der Waals surface area contributed by atoms with Gasteiger partial charge >= 0.3 is 18.3 Å². The number of nitrogens with zero attached hydrogens (tertiary/aromatic N) is 1. The Bertz CT molecular complexity index is 1210. The number of carboxylic acid groups (broad SMARTS) is 1. The molecule has 0 amide bonds. The number of aromatic hydroxyl groups is 1. The Hall–Kier alpha value is -3.30. The molecule has 3 aromatic rings. The molecule has 0 atom stereocenters. The minimum atomic E-state index is -4.89. The average Bonchev–Trinajstić information content (AvgIpc) is 3.47.